The van der Waals surface area contributed by atoms with E-state index < -0.39 is 0 Å². The molecule has 0 saturated carbocycles. The summed E-state index contributed by atoms with van der Waals surface area (Å²) in [7, 11) is 0. The molecule has 0 radical (unpaired) electrons. The van der Waals surface area contributed by atoms with Crippen molar-refractivity contribution in [1.82, 2.24) is 19.7 Å². The van der Waals surface area contributed by atoms with Gasteiger partial charge in [-0.05, 0) is 56.9 Å². The molecule has 2 aromatic heterocycles. The van der Waals surface area contributed by atoms with Gasteiger partial charge in [-0.15, -0.1) is 10.2 Å². The third-order valence-electron chi connectivity index (χ3n) is 5.54. The lowest BCUT2D eigenvalue weighted by Gasteiger charge is -2.31. The van der Waals surface area contributed by atoms with Gasteiger partial charge >= 0.3 is 0 Å². The molecule has 3 aromatic rings. The zero-order chi connectivity index (χ0) is 22.3. The van der Waals surface area contributed by atoms with Crippen LogP contribution in [0.4, 0.5) is 5.69 Å². The first-order valence-corrected chi connectivity index (χ1v) is 12.0. The molecule has 0 fully saturated rings. The SMILES string of the molecule is CCOCCCn1c(S[C@@H](C)C(=O)N2CCCc3ccccc32)nnc1-c1ccncc1. The van der Waals surface area contributed by atoms with Gasteiger partial charge < -0.3 is 14.2 Å². The Bertz CT molecular complexity index is 1040. The van der Waals surface area contributed by atoms with E-state index in [9.17, 15) is 4.79 Å². The highest BCUT2D eigenvalue weighted by molar-refractivity contribution is 8.00. The number of nitrogens with zero attached hydrogens (tertiary/aromatic N) is 5. The molecule has 0 N–H and O–H groups in total. The molecule has 0 spiro atoms. The summed E-state index contributed by atoms with van der Waals surface area (Å²) in [6.07, 6.45) is 6.35. The fourth-order valence-corrected chi connectivity index (χ4v) is 4.89. The molecule has 168 valence electrons. The molecule has 1 atom stereocenters. The number of para-hydroxylation sites is 1. The molecule has 1 aliphatic rings. The van der Waals surface area contributed by atoms with Crippen molar-refractivity contribution in [3.05, 3.63) is 54.4 Å². The van der Waals surface area contributed by atoms with Crippen molar-refractivity contribution in [3.8, 4) is 11.4 Å². The smallest absolute Gasteiger partial charge is 0.240 e. The number of hydrogen-bond acceptors (Lipinski definition) is 6. The fourth-order valence-electron chi connectivity index (χ4n) is 3.95. The predicted octanol–water partition coefficient (Wildman–Crippen LogP) is 4.23. The van der Waals surface area contributed by atoms with Crippen molar-refractivity contribution in [2.24, 2.45) is 0 Å². The largest absolute Gasteiger partial charge is 0.382 e. The monoisotopic (exact) mass is 451 g/mol. The Kier molecular flexibility index (Phi) is 7.55. The highest BCUT2D eigenvalue weighted by atomic mass is 32.2. The van der Waals surface area contributed by atoms with Crippen LogP contribution in [0.15, 0.2) is 53.9 Å². The van der Waals surface area contributed by atoms with Crippen LogP contribution in [0.2, 0.25) is 0 Å². The van der Waals surface area contributed by atoms with Gasteiger partial charge in [0.1, 0.15) is 0 Å². The number of aromatic nitrogens is 4. The number of carbonyl (C=O) groups excluding carboxylic acids is 1. The van der Waals surface area contributed by atoms with Crippen molar-refractivity contribution < 1.29 is 9.53 Å². The van der Waals surface area contributed by atoms with Crippen LogP contribution in [-0.4, -0.2) is 50.7 Å². The van der Waals surface area contributed by atoms with Gasteiger partial charge in [0.2, 0.25) is 5.91 Å². The van der Waals surface area contributed by atoms with Crippen LogP contribution in [0.25, 0.3) is 11.4 Å². The third-order valence-corrected chi connectivity index (χ3v) is 6.60. The van der Waals surface area contributed by atoms with E-state index in [1.165, 1.54) is 17.3 Å². The van der Waals surface area contributed by atoms with Crippen LogP contribution < -0.4 is 4.90 Å². The molecule has 7 nitrogen and oxygen atoms in total. The average Bonchev–Trinajstić information content (AvgIpc) is 3.23. The van der Waals surface area contributed by atoms with Gasteiger partial charge in [-0.25, -0.2) is 0 Å². The first-order chi connectivity index (χ1) is 15.7. The molecule has 3 heterocycles. The van der Waals surface area contributed by atoms with Crippen LogP contribution in [0.1, 0.15) is 32.3 Å². The minimum Gasteiger partial charge on any atom is -0.382 e. The molecule has 4 rings (SSSR count). The maximum Gasteiger partial charge on any atom is 0.240 e. The summed E-state index contributed by atoms with van der Waals surface area (Å²) in [6, 6.07) is 12.0. The van der Waals surface area contributed by atoms with Crippen molar-refractivity contribution >= 4 is 23.4 Å². The maximum atomic E-state index is 13.4. The minimum atomic E-state index is -0.277. The molecule has 8 heteroatoms. The Morgan fingerprint density at radius 2 is 2.00 bits per heavy atom. The van der Waals surface area contributed by atoms with E-state index in [0.29, 0.717) is 13.2 Å². The third kappa shape index (κ3) is 5.02. The Hall–Kier alpha value is -2.71. The van der Waals surface area contributed by atoms with Gasteiger partial charge in [-0.2, -0.15) is 0 Å². The first kappa shape index (κ1) is 22.5. The molecule has 1 amide bonds. The number of thioether (sulfide) groups is 1. The summed E-state index contributed by atoms with van der Waals surface area (Å²) in [5.41, 5.74) is 3.23. The molecule has 32 heavy (non-hydrogen) atoms. The Labute approximate surface area is 193 Å². The van der Waals surface area contributed by atoms with Crippen molar-refractivity contribution in [2.75, 3.05) is 24.7 Å². The predicted molar refractivity (Wildman–Crippen MR) is 127 cm³/mol. The van der Waals surface area contributed by atoms with E-state index in [4.69, 9.17) is 4.74 Å². The molecule has 0 aliphatic carbocycles. The van der Waals surface area contributed by atoms with Crippen molar-refractivity contribution in [2.45, 2.75) is 50.1 Å². The number of rotatable bonds is 9. The van der Waals surface area contributed by atoms with E-state index in [1.54, 1.807) is 12.4 Å². The normalized spacial score (nSPS) is 14.2. The van der Waals surface area contributed by atoms with Gasteiger partial charge in [0.15, 0.2) is 11.0 Å². The van der Waals surface area contributed by atoms with Gasteiger partial charge in [-0.3, -0.25) is 9.78 Å². The first-order valence-electron chi connectivity index (χ1n) is 11.2. The summed E-state index contributed by atoms with van der Waals surface area (Å²) in [4.78, 5) is 19.4. The maximum absolute atomic E-state index is 13.4. The lowest BCUT2D eigenvalue weighted by atomic mass is 10.0. The zero-order valence-corrected chi connectivity index (χ0v) is 19.4. The van der Waals surface area contributed by atoms with Gasteiger partial charge in [0, 0.05) is 49.9 Å². The number of benzene rings is 1. The highest BCUT2D eigenvalue weighted by Gasteiger charge is 2.28. The lowest BCUT2D eigenvalue weighted by Crippen LogP contribution is -2.40. The van der Waals surface area contributed by atoms with E-state index in [1.807, 2.05) is 49.1 Å². The second-order valence-electron chi connectivity index (χ2n) is 7.73. The molecule has 1 aliphatic heterocycles. The zero-order valence-electron chi connectivity index (χ0n) is 18.6. The van der Waals surface area contributed by atoms with Crippen LogP contribution >= 0.6 is 11.8 Å². The van der Waals surface area contributed by atoms with Crippen molar-refractivity contribution in [1.29, 1.82) is 0 Å². The number of hydrogen-bond donors (Lipinski definition) is 0. The number of anilines is 1. The molecule has 0 bridgehead atoms. The van der Waals surface area contributed by atoms with E-state index >= 15 is 0 Å². The standard InChI is InChI=1S/C24H29N5O2S/c1-3-31-17-7-16-29-22(20-11-13-25-14-12-20)26-27-24(29)32-18(2)23(30)28-15-6-9-19-8-4-5-10-21(19)28/h4-5,8,10-14,18H,3,6-7,9,15-17H2,1-2H3/t18-/m0/s1. The second kappa shape index (κ2) is 10.7. The Morgan fingerprint density at radius 1 is 1.19 bits per heavy atom. The van der Waals surface area contributed by atoms with Gasteiger partial charge in [0.05, 0.1) is 5.25 Å². The summed E-state index contributed by atoms with van der Waals surface area (Å²) >= 11 is 1.47. The molecule has 0 unspecified atom stereocenters. The number of fused-ring (bicyclic) bond motifs is 1. The molecule has 1 aromatic carbocycles. The van der Waals surface area contributed by atoms with Crippen molar-refractivity contribution in [3.63, 3.8) is 0 Å². The number of aryl methyl sites for hydroxylation is 1. The number of ether oxygens (including phenoxy) is 1. The highest BCUT2D eigenvalue weighted by Crippen LogP contribution is 2.32. The summed E-state index contributed by atoms with van der Waals surface area (Å²) < 4.78 is 7.61. The number of amides is 1. The second-order valence-corrected chi connectivity index (χ2v) is 9.03. The van der Waals surface area contributed by atoms with E-state index in [-0.39, 0.29) is 11.2 Å². The van der Waals surface area contributed by atoms with Crippen LogP contribution in [0.3, 0.4) is 0 Å². The van der Waals surface area contributed by atoms with E-state index in [0.717, 1.165) is 54.6 Å². The lowest BCUT2D eigenvalue weighted by molar-refractivity contribution is -0.117. The molecular weight excluding hydrogens is 422 g/mol. The van der Waals surface area contributed by atoms with Crippen LogP contribution in [0.5, 0.6) is 0 Å². The number of carbonyl (C=O) groups is 1. The average molecular weight is 452 g/mol. The van der Waals surface area contributed by atoms with Crippen LogP contribution in [-0.2, 0) is 22.5 Å². The summed E-state index contributed by atoms with van der Waals surface area (Å²) in [6.45, 7) is 6.80. The topological polar surface area (TPSA) is 73.1 Å². The van der Waals surface area contributed by atoms with Crippen LogP contribution in [0, 0.1) is 0 Å². The molecular formula is C24H29N5O2S. The Balaban J connectivity index is 1.54. The summed E-state index contributed by atoms with van der Waals surface area (Å²) in [5.74, 6) is 0.894. The quantitative estimate of drug-likeness (QED) is 0.358. The fraction of sp³-hybridized carbons (Fsp3) is 0.417. The minimum absolute atomic E-state index is 0.108. The van der Waals surface area contributed by atoms with Gasteiger partial charge in [0.25, 0.3) is 0 Å². The Morgan fingerprint density at radius 3 is 2.81 bits per heavy atom. The summed E-state index contributed by atoms with van der Waals surface area (Å²) in [5, 5.41) is 9.36. The van der Waals surface area contributed by atoms with Gasteiger partial charge in [-0.1, -0.05) is 30.0 Å². The van der Waals surface area contributed by atoms with E-state index in [2.05, 4.69) is 25.8 Å². The number of pyridine rings is 1. The molecule has 0 saturated heterocycles.